The van der Waals surface area contributed by atoms with Gasteiger partial charge in [0.15, 0.2) is 0 Å². The van der Waals surface area contributed by atoms with E-state index in [1.54, 1.807) is 42.5 Å². The van der Waals surface area contributed by atoms with Crippen molar-refractivity contribution in [3.8, 4) is 11.8 Å². The normalized spacial score (nSPS) is 17.4. The number of ether oxygens (including phenoxy) is 2. The molecule has 0 bridgehead atoms. The number of nitriles is 1. The molecular formula is C24H22ClN3O5S. The summed E-state index contributed by atoms with van der Waals surface area (Å²) in [6, 6.07) is 14.0. The smallest absolute Gasteiger partial charge is 0.319 e. The standard InChI is InChI=1S/C24H22ClN3O5S/c1-13-4-7-15(10-18(13)25)27-19(29)12-34-23-17(11-26)20(14-5-8-16(32-2)9-6-14)21(22(30)28-23)24(31)33-3/h4-10,20-21H,12H2,1-3H3,(H,27,29)(H,28,30)/t20-,21-/m0/s1. The summed E-state index contributed by atoms with van der Waals surface area (Å²) in [5.41, 5.74) is 2.15. The Kier molecular flexibility index (Phi) is 8.21. The largest absolute Gasteiger partial charge is 0.497 e. The fraction of sp³-hybridized carbons (Fsp3) is 0.250. The number of nitrogens with zero attached hydrogens (tertiary/aromatic N) is 1. The highest BCUT2D eigenvalue weighted by Crippen LogP contribution is 2.40. The number of halogens is 1. The van der Waals surface area contributed by atoms with Crippen LogP contribution in [0.5, 0.6) is 5.75 Å². The summed E-state index contributed by atoms with van der Waals surface area (Å²) in [5.74, 6) is -3.34. The first-order chi connectivity index (χ1) is 16.3. The van der Waals surface area contributed by atoms with Crippen molar-refractivity contribution < 1.29 is 23.9 Å². The fourth-order valence-corrected chi connectivity index (χ4v) is 4.53. The van der Waals surface area contributed by atoms with Crippen LogP contribution in [0.1, 0.15) is 17.0 Å². The first-order valence-electron chi connectivity index (χ1n) is 10.1. The maximum absolute atomic E-state index is 12.9. The molecule has 2 N–H and O–H groups in total. The van der Waals surface area contributed by atoms with Gasteiger partial charge in [0.05, 0.1) is 36.6 Å². The van der Waals surface area contributed by atoms with Crippen LogP contribution in [-0.2, 0) is 19.1 Å². The number of hydrogen-bond donors (Lipinski definition) is 2. The fourth-order valence-electron chi connectivity index (χ4n) is 3.50. The third-order valence-corrected chi connectivity index (χ3v) is 6.69. The van der Waals surface area contributed by atoms with Crippen LogP contribution < -0.4 is 15.4 Å². The number of rotatable bonds is 7. The summed E-state index contributed by atoms with van der Waals surface area (Å²) < 4.78 is 10.00. The number of carbonyl (C=O) groups excluding carboxylic acids is 3. The second kappa shape index (κ2) is 11.1. The second-order valence-corrected chi connectivity index (χ2v) is 8.79. The molecule has 0 fully saturated rings. The zero-order valence-corrected chi connectivity index (χ0v) is 20.3. The number of carbonyl (C=O) groups is 3. The Labute approximate surface area is 206 Å². The third-order valence-electron chi connectivity index (χ3n) is 5.26. The summed E-state index contributed by atoms with van der Waals surface area (Å²) >= 11 is 7.10. The van der Waals surface area contributed by atoms with Gasteiger partial charge in [-0.2, -0.15) is 5.26 Å². The van der Waals surface area contributed by atoms with Crippen LogP contribution in [0.15, 0.2) is 53.1 Å². The van der Waals surface area contributed by atoms with E-state index in [0.717, 1.165) is 17.3 Å². The van der Waals surface area contributed by atoms with Gasteiger partial charge in [-0.3, -0.25) is 14.4 Å². The molecule has 2 aromatic rings. The van der Waals surface area contributed by atoms with E-state index in [2.05, 4.69) is 16.7 Å². The number of nitrogens with one attached hydrogen (secondary N) is 2. The molecule has 2 amide bonds. The van der Waals surface area contributed by atoms with E-state index in [9.17, 15) is 19.6 Å². The van der Waals surface area contributed by atoms with E-state index in [1.165, 1.54) is 14.2 Å². The van der Waals surface area contributed by atoms with Crippen LogP contribution in [0, 0.1) is 24.2 Å². The topological polar surface area (TPSA) is 118 Å². The molecule has 0 aliphatic carbocycles. The number of thioether (sulfide) groups is 1. The Bertz CT molecular complexity index is 1190. The minimum Gasteiger partial charge on any atom is -0.497 e. The number of amides is 2. The van der Waals surface area contributed by atoms with Crippen LogP contribution in [0.25, 0.3) is 0 Å². The summed E-state index contributed by atoms with van der Waals surface area (Å²) in [6.45, 7) is 1.85. The lowest BCUT2D eigenvalue weighted by Gasteiger charge is -2.31. The molecule has 1 heterocycles. The number of esters is 1. The quantitative estimate of drug-likeness (QED) is 0.440. The van der Waals surface area contributed by atoms with Gasteiger partial charge < -0.3 is 20.1 Å². The minimum absolute atomic E-state index is 0.0789. The van der Waals surface area contributed by atoms with E-state index < -0.39 is 23.7 Å². The summed E-state index contributed by atoms with van der Waals surface area (Å²) in [4.78, 5) is 37.8. The van der Waals surface area contributed by atoms with E-state index >= 15 is 0 Å². The Morgan fingerprint density at radius 3 is 2.50 bits per heavy atom. The van der Waals surface area contributed by atoms with E-state index in [-0.39, 0.29) is 22.3 Å². The van der Waals surface area contributed by atoms with Gasteiger partial charge >= 0.3 is 5.97 Å². The number of hydrogen-bond acceptors (Lipinski definition) is 7. The third kappa shape index (κ3) is 5.53. The van der Waals surface area contributed by atoms with Gasteiger partial charge in [-0.25, -0.2) is 0 Å². The van der Waals surface area contributed by atoms with Crippen molar-refractivity contribution in [2.24, 2.45) is 5.92 Å². The Morgan fingerprint density at radius 1 is 1.21 bits per heavy atom. The maximum Gasteiger partial charge on any atom is 0.319 e. The average Bonchev–Trinajstić information content (AvgIpc) is 2.84. The zero-order valence-electron chi connectivity index (χ0n) is 18.7. The molecule has 176 valence electrons. The molecule has 0 spiro atoms. The van der Waals surface area contributed by atoms with Crippen LogP contribution in [0.4, 0.5) is 5.69 Å². The number of benzene rings is 2. The van der Waals surface area contributed by atoms with Crippen LogP contribution >= 0.6 is 23.4 Å². The van der Waals surface area contributed by atoms with Gasteiger partial charge in [0, 0.05) is 16.6 Å². The predicted molar refractivity (Wildman–Crippen MR) is 129 cm³/mol. The molecule has 0 radical (unpaired) electrons. The van der Waals surface area contributed by atoms with Crippen LogP contribution in [0.2, 0.25) is 5.02 Å². The lowest BCUT2D eigenvalue weighted by molar-refractivity contribution is -0.150. The van der Waals surface area contributed by atoms with Crippen molar-refractivity contribution in [3.05, 3.63) is 69.2 Å². The van der Waals surface area contributed by atoms with Crippen molar-refractivity contribution >= 4 is 46.8 Å². The lowest BCUT2D eigenvalue weighted by atomic mass is 9.78. The highest BCUT2D eigenvalue weighted by Gasteiger charge is 2.44. The molecule has 2 atom stereocenters. The highest BCUT2D eigenvalue weighted by atomic mass is 35.5. The SMILES string of the molecule is COC(=O)[C@@H]1C(=O)NC(SCC(=O)Nc2ccc(C)c(Cl)c2)=C(C#N)[C@@H]1c1ccc(OC)cc1. The second-order valence-electron chi connectivity index (χ2n) is 7.40. The molecular weight excluding hydrogens is 478 g/mol. The van der Waals surface area contributed by atoms with Gasteiger partial charge in [0.2, 0.25) is 11.8 Å². The average molecular weight is 500 g/mol. The molecule has 1 aliphatic rings. The molecule has 2 aromatic carbocycles. The zero-order chi connectivity index (χ0) is 24.8. The first-order valence-corrected chi connectivity index (χ1v) is 11.5. The van der Waals surface area contributed by atoms with Gasteiger partial charge in [-0.1, -0.05) is 41.6 Å². The molecule has 10 heteroatoms. The molecule has 3 rings (SSSR count). The number of aryl methyl sites for hydroxylation is 1. The Balaban J connectivity index is 1.88. The van der Waals surface area contributed by atoms with E-state index in [4.69, 9.17) is 21.1 Å². The van der Waals surface area contributed by atoms with Crippen LogP contribution in [0.3, 0.4) is 0 Å². The maximum atomic E-state index is 12.9. The van der Waals surface area contributed by atoms with Gasteiger partial charge in [0.25, 0.3) is 0 Å². The van der Waals surface area contributed by atoms with Crippen molar-refractivity contribution in [1.29, 1.82) is 5.26 Å². The number of anilines is 1. The van der Waals surface area contributed by atoms with Crippen LogP contribution in [-0.4, -0.2) is 37.8 Å². The van der Waals surface area contributed by atoms with Gasteiger partial charge in [-0.15, -0.1) is 0 Å². The summed E-state index contributed by atoms with van der Waals surface area (Å²) in [6.07, 6.45) is 0. The highest BCUT2D eigenvalue weighted by molar-refractivity contribution is 8.03. The van der Waals surface area contributed by atoms with Crippen molar-refractivity contribution in [2.45, 2.75) is 12.8 Å². The minimum atomic E-state index is -1.25. The monoisotopic (exact) mass is 499 g/mol. The van der Waals surface area contributed by atoms with E-state index in [1.807, 2.05) is 6.92 Å². The summed E-state index contributed by atoms with van der Waals surface area (Å²) in [7, 11) is 2.70. The van der Waals surface area contributed by atoms with E-state index in [0.29, 0.717) is 22.0 Å². The molecule has 0 saturated heterocycles. The molecule has 0 unspecified atom stereocenters. The van der Waals surface area contributed by atoms with Crippen molar-refractivity contribution in [2.75, 3.05) is 25.3 Å². The number of methoxy groups -OCH3 is 2. The predicted octanol–water partition coefficient (Wildman–Crippen LogP) is 3.77. The first kappa shape index (κ1) is 25.1. The molecule has 34 heavy (non-hydrogen) atoms. The van der Waals surface area contributed by atoms with Crippen molar-refractivity contribution in [3.63, 3.8) is 0 Å². The Morgan fingerprint density at radius 2 is 1.91 bits per heavy atom. The van der Waals surface area contributed by atoms with Gasteiger partial charge in [-0.05, 0) is 42.3 Å². The Hall–Kier alpha value is -3.48. The summed E-state index contributed by atoms with van der Waals surface area (Å²) in [5, 5.41) is 16.0. The molecule has 1 aliphatic heterocycles. The number of allylic oxidation sites excluding steroid dienone is 1. The van der Waals surface area contributed by atoms with Crippen molar-refractivity contribution in [1.82, 2.24) is 5.32 Å². The molecule has 0 aromatic heterocycles. The molecule has 8 nitrogen and oxygen atoms in total. The lowest BCUT2D eigenvalue weighted by Crippen LogP contribution is -2.44. The van der Waals surface area contributed by atoms with Gasteiger partial charge in [0.1, 0.15) is 11.7 Å². The molecule has 0 saturated carbocycles.